The topological polar surface area (TPSA) is 42.0 Å². The van der Waals surface area contributed by atoms with Crippen LogP contribution in [0.15, 0.2) is 42.6 Å². The largest absolute Gasteiger partial charge is 0.320 e. The van der Waals surface area contributed by atoms with Gasteiger partial charge in [0.2, 0.25) is 0 Å². The molecule has 0 fully saturated rings. The lowest BCUT2D eigenvalue weighted by molar-refractivity contribution is 0.102. The number of nitrogens with zero attached hydrogens (tertiary/aromatic N) is 1. The molecule has 1 aromatic heterocycles. The highest BCUT2D eigenvalue weighted by molar-refractivity contribution is 6.40. The van der Waals surface area contributed by atoms with Gasteiger partial charge in [-0.15, -0.1) is 0 Å². The Bertz CT molecular complexity index is 897. The van der Waals surface area contributed by atoms with E-state index in [9.17, 15) is 4.79 Å². The van der Waals surface area contributed by atoms with Gasteiger partial charge in [0.25, 0.3) is 5.91 Å². The van der Waals surface area contributed by atoms with Crippen molar-refractivity contribution >= 4 is 57.3 Å². The van der Waals surface area contributed by atoms with E-state index >= 15 is 0 Å². The maximum Gasteiger partial charge on any atom is 0.258 e. The van der Waals surface area contributed by atoms with Gasteiger partial charge in [0.15, 0.2) is 0 Å². The molecule has 116 valence electrons. The number of aryl methyl sites for hydroxylation is 1. The van der Waals surface area contributed by atoms with Crippen molar-refractivity contribution in [3.8, 4) is 0 Å². The zero-order valence-electron chi connectivity index (χ0n) is 12.0. The lowest BCUT2D eigenvalue weighted by Crippen LogP contribution is -2.13. The Morgan fingerprint density at radius 3 is 2.39 bits per heavy atom. The van der Waals surface area contributed by atoms with Gasteiger partial charge in [0, 0.05) is 11.6 Å². The summed E-state index contributed by atoms with van der Waals surface area (Å²) in [5.74, 6) is -0.396. The summed E-state index contributed by atoms with van der Waals surface area (Å²) >= 11 is 18.4. The molecule has 0 atom stereocenters. The second kappa shape index (κ2) is 6.36. The number of carbonyl (C=O) groups is 1. The lowest BCUT2D eigenvalue weighted by atomic mass is 10.1. The molecule has 1 N–H and O–H groups in total. The average Bonchev–Trinajstić information content (AvgIpc) is 2.50. The zero-order valence-corrected chi connectivity index (χ0v) is 14.3. The standard InChI is InChI=1S/C17H11Cl3N2O/c1-9-5-6-13(16-14(9)12(20)7-8-21-16)22-17(23)15-10(18)3-2-4-11(15)19/h2-8H,1H3,(H,22,23). The molecule has 3 rings (SSSR count). The van der Waals surface area contributed by atoms with Crippen molar-refractivity contribution in [1.82, 2.24) is 4.98 Å². The number of fused-ring (bicyclic) bond motifs is 1. The van der Waals surface area contributed by atoms with Crippen LogP contribution in [-0.2, 0) is 0 Å². The number of halogens is 3. The number of anilines is 1. The SMILES string of the molecule is Cc1ccc(NC(=O)c2c(Cl)cccc2Cl)c2nccc(Cl)c12. The van der Waals surface area contributed by atoms with Gasteiger partial charge in [-0.05, 0) is 36.8 Å². The maximum absolute atomic E-state index is 12.5. The minimum Gasteiger partial charge on any atom is -0.320 e. The summed E-state index contributed by atoms with van der Waals surface area (Å²) < 4.78 is 0. The third kappa shape index (κ3) is 3.00. The minimum absolute atomic E-state index is 0.228. The fourth-order valence-electron chi connectivity index (χ4n) is 2.39. The molecule has 0 aliphatic rings. The normalized spacial score (nSPS) is 10.8. The Morgan fingerprint density at radius 2 is 1.70 bits per heavy atom. The number of amides is 1. The number of rotatable bonds is 2. The number of nitrogens with one attached hydrogen (secondary N) is 1. The Hall–Kier alpha value is -1.81. The first-order valence-electron chi connectivity index (χ1n) is 6.78. The molecule has 0 saturated heterocycles. The van der Waals surface area contributed by atoms with Crippen LogP contribution in [0.5, 0.6) is 0 Å². The van der Waals surface area contributed by atoms with Crippen LogP contribution in [0.4, 0.5) is 5.69 Å². The molecule has 0 radical (unpaired) electrons. The quantitative estimate of drug-likeness (QED) is 0.627. The monoisotopic (exact) mass is 364 g/mol. The average molecular weight is 366 g/mol. The van der Waals surface area contributed by atoms with Gasteiger partial charge >= 0.3 is 0 Å². The van der Waals surface area contributed by atoms with Crippen molar-refractivity contribution in [3.05, 3.63) is 68.8 Å². The summed E-state index contributed by atoms with van der Waals surface area (Å²) in [6, 6.07) is 10.3. The number of carbonyl (C=O) groups excluding carboxylic acids is 1. The van der Waals surface area contributed by atoms with Crippen LogP contribution in [0, 0.1) is 6.92 Å². The number of benzene rings is 2. The molecule has 1 amide bonds. The Labute approximate surface area is 148 Å². The van der Waals surface area contributed by atoms with E-state index in [2.05, 4.69) is 10.3 Å². The van der Waals surface area contributed by atoms with Crippen molar-refractivity contribution < 1.29 is 4.79 Å². The summed E-state index contributed by atoms with van der Waals surface area (Å²) in [5, 5.41) is 4.77. The van der Waals surface area contributed by atoms with E-state index in [4.69, 9.17) is 34.8 Å². The summed E-state index contributed by atoms with van der Waals surface area (Å²) in [4.78, 5) is 16.9. The van der Waals surface area contributed by atoms with Crippen molar-refractivity contribution in [3.63, 3.8) is 0 Å². The Morgan fingerprint density at radius 1 is 1.00 bits per heavy atom. The summed E-state index contributed by atoms with van der Waals surface area (Å²) in [7, 11) is 0. The second-order valence-corrected chi connectivity index (χ2v) is 6.22. The first-order valence-corrected chi connectivity index (χ1v) is 7.91. The minimum atomic E-state index is -0.396. The molecular formula is C17H11Cl3N2O. The van der Waals surface area contributed by atoms with Crippen LogP contribution in [0.25, 0.3) is 10.9 Å². The van der Waals surface area contributed by atoms with Crippen LogP contribution in [0.2, 0.25) is 15.1 Å². The van der Waals surface area contributed by atoms with E-state index < -0.39 is 5.91 Å². The molecule has 2 aromatic carbocycles. The highest BCUT2D eigenvalue weighted by atomic mass is 35.5. The predicted molar refractivity (Wildman–Crippen MR) is 95.9 cm³/mol. The van der Waals surface area contributed by atoms with Crippen molar-refractivity contribution in [2.24, 2.45) is 0 Å². The Kier molecular flexibility index (Phi) is 4.44. The number of aromatic nitrogens is 1. The van der Waals surface area contributed by atoms with Crippen molar-refractivity contribution in [2.45, 2.75) is 6.92 Å². The molecular weight excluding hydrogens is 355 g/mol. The van der Waals surface area contributed by atoms with Gasteiger partial charge in [-0.25, -0.2) is 0 Å². The molecule has 0 saturated carbocycles. The second-order valence-electron chi connectivity index (χ2n) is 5.00. The molecule has 0 aliphatic carbocycles. The van der Waals surface area contributed by atoms with Crippen LogP contribution in [0.1, 0.15) is 15.9 Å². The van der Waals surface area contributed by atoms with E-state index in [0.717, 1.165) is 10.9 Å². The van der Waals surface area contributed by atoms with Gasteiger partial charge < -0.3 is 5.32 Å². The van der Waals surface area contributed by atoms with Gasteiger partial charge in [0.1, 0.15) is 0 Å². The van der Waals surface area contributed by atoms with Crippen LogP contribution in [0.3, 0.4) is 0 Å². The fourth-order valence-corrected chi connectivity index (χ4v) is 3.25. The molecule has 1 heterocycles. The van der Waals surface area contributed by atoms with Gasteiger partial charge in [-0.3, -0.25) is 9.78 Å². The van der Waals surface area contributed by atoms with E-state index in [-0.39, 0.29) is 15.6 Å². The first kappa shape index (κ1) is 16.1. The van der Waals surface area contributed by atoms with E-state index in [1.54, 1.807) is 36.5 Å². The summed E-state index contributed by atoms with van der Waals surface area (Å²) in [6.07, 6.45) is 1.60. The van der Waals surface area contributed by atoms with Crippen LogP contribution < -0.4 is 5.32 Å². The first-order chi connectivity index (χ1) is 11.0. The molecule has 0 aliphatic heterocycles. The predicted octanol–water partition coefficient (Wildman–Crippen LogP) is 5.76. The zero-order chi connectivity index (χ0) is 16.6. The Balaban J connectivity index is 2.08. The summed E-state index contributed by atoms with van der Waals surface area (Å²) in [5.41, 5.74) is 2.38. The van der Waals surface area contributed by atoms with Crippen LogP contribution in [-0.4, -0.2) is 10.9 Å². The van der Waals surface area contributed by atoms with Gasteiger partial charge in [0.05, 0.1) is 31.8 Å². The molecule has 0 bridgehead atoms. The molecule has 6 heteroatoms. The van der Waals surface area contributed by atoms with Crippen LogP contribution >= 0.6 is 34.8 Å². The molecule has 23 heavy (non-hydrogen) atoms. The molecule has 3 aromatic rings. The van der Waals surface area contributed by atoms with Crippen molar-refractivity contribution in [2.75, 3.05) is 5.32 Å². The molecule has 3 nitrogen and oxygen atoms in total. The third-order valence-corrected chi connectivity index (χ3v) is 4.43. The van der Waals surface area contributed by atoms with E-state index in [1.807, 2.05) is 13.0 Å². The summed E-state index contributed by atoms with van der Waals surface area (Å²) in [6.45, 7) is 1.94. The van der Waals surface area contributed by atoms with Crippen molar-refractivity contribution in [1.29, 1.82) is 0 Å². The molecule has 0 unspecified atom stereocenters. The number of hydrogen-bond acceptors (Lipinski definition) is 2. The highest BCUT2D eigenvalue weighted by Crippen LogP contribution is 2.31. The number of hydrogen-bond donors (Lipinski definition) is 1. The maximum atomic E-state index is 12.5. The van der Waals surface area contributed by atoms with Gasteiger partial charge in [-0.2, -0.15) is 0 Å². The van der Waals surface area contributed by atoms with Gasteiger partial charge in [-0.1, -0.05) is 46.9 Å². The molecule has 0 spiro atoms. The highest BCUT2D eigenvalue weighted by Gasteiger charge is 2.17. The van der Waals surface area contributed by atoms with E-state index in [1.165, 1.54) is 0 Å². The third-order valence-electron chi connectivity index (χ3n) is 3.49. The number of pyridine rings is 1. The fraction of sp³-hybridized carbons (Fsp3) is 0.0588. The smallest absolute Gasteiger partial charge is 0.258 e. The lowest BCUT2D eigenvalue weighted by Gasteiger charge is -2.12. The van der Waals surface area contributed by atoms with E-state index in [0.29, 0.717) is 16.2 Å².